The summed E-state index contributed by atoms with van der Waals surface area (Å²) < 4.78 is 17.6. The molecular formula is C18H21FO. The first kappa shape index (κ1) is 14.6. The Bertz CT molecular complexity index is 502. The summed E-state index contributed by atoms with van der Waals surface area (Å²) in [6, 6.07) is 16.6. The smallest absolute Gasteiger partial charge is 0.119 e. The van der Waals surface area contributed by atoms with Crippen LogP contribution in [0.4, 0.5) is 4.39 Å². The largest absolute Gasteiger partial charge is 0.494 e. The van der Waals surface area contributed by atoms with Crippen LogP contribution >= 0.6 is 0 Å². The van der Waals surface area contributed by atoms with E-state index in [1.807, 2.05) is 12.1 Å². The maximum atomic E-state index is 11.9. The molecule has 0 heterocycles. The molecule has 1 nitrogen and oxygen atoms in total. The number of halogens is 1. The fraction of sp³-hybridized carbons (Fsp3) is 0.333. The van der Waals surface area contributed by atoms with Gasteiger partial charge in [0.2, 0.25) is 0 Å². The number of hydrogen-bond donors (Lipinski definition) is 0. The van der Waals surface area contributed by atoms with Crippen molar-refractivity contribution in [3.8, 4) is 16.9 Å². The van der Waals surface area contributed by atoms with Crippen molar-refractivity contribution >= 4 is 0 Å². The highest BCUT2D eigenvalue weighted by Crippen LogP contribution is 2.22. The van der Waals surface area contributed by atoms with Crippen LogP contribution in [0.15, 0.2) is 48.5 Å². The molecule has 0 saturated carbocycles. The molecule has 2 aromatic rings. The Hall–Kier alpha value is -1.83. The van der Waals surface area contributed by atoms with Crippen molar-refractivity contribution in [3.63, 3.8) is 0 Å². The third-order valence-electron chi connectivity index (χ3n) is 3.29. The van der Waals surface area contributed by atoms with E-state index in [2.05, 4.69) is 43.3 Å². The van der Waals surface area contributed by atoms with Gasteiger partial charge in [-0.2, -0.15) is 0 Å². The van der Waals surface area contributed by atoms with Crippen molar-refractivity contribution in [2.24, 2.45) is 0 Å². The number of unbranched alkanes of at least 4 members (excludes halogenated alkanes) is 2. The van der Waals surface area contributed by atoms with Gasteiger partial charge in [0.1, 0.15) is 5.75 Å². The summed E-state index contributed by atoms with van der Waals surface area (Å²) >= 11 is 0. The van der Waals surface area contributed by atoms with Crippen molar-refractivity contribution in [2.45, 2.75) is 26.2 Å². The van der Waals surface area contributed by atoms with E-state index < -0.39 is 0 Å². The molecule has 0 radical (unpaired) electrons. The topological polar surface area (TPSA) is 9.23 Å². The molecule has 0 fully saturated rings. The zero-order chi connectivity index (χ0) is 14.2. The quantitative estimate of drug-likeness (QED) is 0.631. The monoisotopic (exact) mass is 272 g/mol. The number of aryl methyl sites for hydroxylation is 1. The fourth-order valence-electron chi connectivity index (χ4n) is 2.05. The third-order valence-corrected chi connectivity index (χ3v) is 3.29. The molecule has 0 amide bonds. The molecule has 20 heavy (non-hydrogen) atoms. The summed E-state index contributed by atoms with van der Waals surface area (Å²) in [5.41, 5.74) is 3.67. The van der Waals surface area contributed by atoms with Crippen LogP contribution in [0.25, 0.3) is 11.1 Å². The Labute approximate surface area is 120 Å². The maximum absolute atomic E-state index is 11.9. The highest BCUT2D eigenvalue weighted by Gasteiger charge is 1.99. The van der Waals surface area contributed by atoms with Crippen LogP contribution in [-0.2, 0) is 0 Å². The van der Waals surface area contributed by atoms with E-state index in [-0.39, 0.29) is 6.67 Å². The molecule has 0 aliphatic heterocycles. The van der Waals surface area contributed by atoms with Crippen molar-refractivity contribution in [2.75, 3.05) is 13.3 Å². The van der Waals surface area contributed by atoms with Crippen LogP contribution < -0.4 is 4.74 Å². The molecule has 0 unspecified atom stereocenters. The third kappa shape index (κ3) is 4.37. The van der Waals surface area contributed by atoms with E-state index in [9.17, 15) is 4.39 Å². The minimum Gasteiger partial charge on any atom is -0.494 e. The van der Waals surface area contributed by atoms with E-state index in [4.69, 9.17) is 4.74 Å². The molecule has 2 heteroatoms. The summed E-state index contributed by atoms with van der Waals surface area (Å²) in [7, 11) is 0. The zero-order valence-electron chi connectivity index (χ0n) is 11.9. The Morgan fingerprint density at radius 1 is 0.800 bits per heavy atom. The van der Waals surface area contributed by atoms with Crippen molar-refractivity contribution in [3.05, 3.63) is 54.1 Å². The van der Waals surface area contributed by atoms with Crippen LogP contribution in [0.1, 0.15) is 24.8 Å². The van der Waals surface area contributed by atoms with E-state index in [1.54, 1.807) is 0 Å². The molecule has 0 spiro atoms. The Morgan fingerprint density at radius 2 is 1.40 bits per heavy atom. The molecule has 2 rings (SSSR count). The van der Waals surface area contributed by atoms with Crippen LogP contribution in [0.5, 0.6) is 5.75 Å². The molecule has 0 aromatic heterocycles. The van der Waals surface area contributed by atoms with Crippen LogP contribution in [0, 0.1) is 6.92 Å². The van der Waals surface area contributed by atoms with Crippen LogP contribution in [-0.4, -0.2) is 13.3 Å². The highest BCUT2D eigenvalue weighted by atomic mass is 19.1. The summed E-state index contributed by atoms with van der Waals surface area (Å²) in [4.78, 5) is 0. The van der Waals surface area contributed by atoms with Gasteiger partial charge >= 0.3 is 0 Å². The minimum absolute atomic E-state index is 0.231. The molecule has 0 bridgehead atoms. The average molecular weight is 272 g/mol. The van der Waals surface area contributed by atoms with Gasteiger partial charge in [0.05, 0.1) is 13.3 Å². The van der Waals surface area contributed by atoms with E-state index in [1.165, 1.54) is 16.7 Å². The van der Waals surface area contributed by atoms with E-state index in [0.29, 0.717) is 13.0 Å². The standard InChI is InChI=1S/C18H21FO/c1-15-5-7-16(8-6-15)17-9-11-18(12-10-17)20-14-4-2-3-13-19/h5-12H,2-4,13-14H2,1H3. The lowest BCUT2D eigenvalue weighted by Gasteiger charge is -2.07. The molecule has 0 saturated heterocycles. The zero-order valence-corrected chi connectivity index (χ0v) is 11.9. The van der Waals surface area contributed by atoms with Gasteiger partial charge in [0.25, 0.3) is 0 Å². The van der Waals surface area contributed by atoms with E-state index in [0.717, 1.165) is 18.6 Å². The van der Waals surface area contributed by atoms with Gasteiger partial charge in [-0.15, -0.1) is 0 Å². The molecule has 0 aliphatic rings. The molecule has 0 atom stereocenters. The maximum Gasteiger partial charge on any atom is 0.119 e. The lowest BCUT2D eigenvalue weighted by Crippen LogP contribution is -1.97. The SMILES string of the molecule is Cc1ccc(-c2ccc(OCCCCCF)cc2)cc1. The summed E-state index contributed by atoms with van der Waals surface area (Å²) in [5.74, 6) is 0.876. The molecule has 0 aliphatic carbocycles. The Balaban J connectivity index is 1.88. The summed E-state index contributed by atoms with van der Waals surface area (Å²) in [5, 5.41) is 0. The predicted molar refractivity (Wildman–Crippen MR) is 81.9 cm³/mol. The van der Waals surface area contributed by atoms with Gasteiger partial charge in [0, 0.05) is 0 Å². The van der Waals surface area contributed by atoms with Gasteiger partial charge < -0.3 is 4.74 Å². The molecular weight excluding hydrogens is 251 g/mol. The van der Waals surface area contributed by atoms with Gasteiger partial charge in [-0.05, 0) is 49.4 Å². The number of rotatable bonds is 7. The number of ether oxygens (including phenoxy) is 1. The normalized spacial score (nSPS) is 10.5. The lowest BCUT2D eigenvalue weighted by molar-refractivity contribution is 0.301. The van der Waals surface area contributed by atoms with Crippen molar-refractivity contribution in [1.29, 1.82) is 0 Å². The summed E-state index contributed by atoms with van der Waals surface area (Å²) in [6.45, 7) is 2.51. The second-order valence-electron chi connectivity index (χ2n) is 4.99. The van der Waals surface area contributed by atoms with Crippen molar-refractivity contribution in [1.82, 2.24) is 0 Å². The second kappa shape index (κ2) is 7.68. The first-order valence-corrected chi connectivity index (χ1v) is 7.15. The Morgan fingerprint density at radius 3 is 2.00 bits per heavy atom. The summed E-state index contributed by atoms with van der Waals surface area (Å²) in [6.07, 6.45) is 2.43. The molecule has 106 valence electrons. The predicted octanol–water partition coefficient (Wildman–Crippen LogP) is 5.18. The average Bonchev–Trinajstić information content (AvgIpc) is 2.49. The minimum atomic E-state index is -0.231. The van der Waals surface area contributed by atoms with Crippen LogP contribution in [0.3, 0.4) is 0 Å². The van der Waals surface area contributed by atoms with Crippen molar-refractivity contribution < 1.29 is 9.13 Å². The van der Waals surface area contributed by atoms with Gasteiger partial charge in [-0.25, -0.2) is 0 Å². The number of hydrogen-bond acceptors (Lipinski definition) is 1. The van der Waals surface area contributed by atoms with Gasteiger partial charge in [-0.1, -0.05) is 42.0 Å². The van der Waals surface area contributed by atoms with E-state index >= 15 is 0 Å². The fourth-order valence-corrected chi connectivity index (χ4v) is 2.05. The first-order chi connectivity index (χ1) is 9.79. The Kier molecular flexibility index (Phi) is 5.60. The van der Waals surface area contributed by atoms with Gasteiger partial charge in [-0.3, -0.25) is 4.39 Å². The highest BCUT2D eigenvalue weighted by molar-refractivity contribution is 5.64. The number of alkyl halides is 1. The first-order valence-electron chi connectivity index (χ1n) is 7.15. The number of benzene rings is 2. The second-order valence-corrected chi connectivity index (χ2v) is 4.99. The molecule has 2 aromatic carbocycles. The lowest BCUT2D eigenvalue weighted by atomic mass is 10.0. The molecule has 0 N–H and O–H groups in total. The van der Waals surface area contributed by atoms with Crippen LogP contribution in [0.2, 0.25) is 0 Å². The van der Waals surface area contributed by atoms with Gasteiger partial charge in [0.15, 0.2) is 0 Å².